The highest BCUT2D eigenvalue weighted by atomic mass is 127. The molecule has 0 unspecified atom stereocenters. The summed E-state index contributed by atoms with van der Waals surface area (Å²) in [6.45, 7) is 14.8. The van der Waals surface area contributed by atoms with Gasteiger partial charge in [-0.2, -0.15) is 5.10 Å². The van der Waals surface area contributed by atoms with Gasteiger partial charge in [0.05, 0.1) is 12.6 Å². The predicted octanol–water partition coefficient (Wildman–Crippen LogP) is 3.82. The molecule has 1 aromatic heterocycles. The summed E-state index contributed by atoms with van der Waals surface area (Å²) in [6.07, 6.45) is 4.84. The summed E-state index contributed by atoms with van der Waals surface area (Å²) in [5.74, 6) is 0.142. The van der Waals surface area contributed by atoms with Crippen molar-refractivity contribution in [2.45, 2.75) is 90.4 Å². The fraction of sp³-hybridized carbons (Fsp3) is 0.792. The van der Waals surface area contributed by atoms with Crippen molar-refractivity contribution >= 4 is 34.6 Å². The minimum absolute atomic E-state index is 0.128. The average molecular weight is 572 g/mol. The molecule has 2 fully saturated rings. The standard InChI is InChI=1S/C24H38IN5O3/c1-17(31)28-11-8-20-19(16-28)21(25)26-30(20)18-6-12-29(13-7-18)24(5)9-14-27(15-10-24)22(32)33-23(2,3)4/h18H,6-16H2,1-5H3. The third-order valence-electron chi connectivity index (χ3n) is 7.55. The number of amides is 2. The SMILES string of the molecule is CC(=O)N1CCc2c(c(I)nn2C2CCN(C3(C)CCN(C(=O)OC(C)(C)C)CC3)CC2)C1. The first-order chi connectivity index (χ1) is 15.5. The number of hydrogen-bond donors (Lipinski definition) is 0. The van der Waals surface area contributed by atoms with Gasteiger partial charge in [0.25, 0.3) is 0 Å². The lowest BCUT2D eigenvalue weighted by atomic mass is 9.85. The first kappa shape index (κ1) is 24.8. The number of carbonyl (C=O) groups is 2. The highest BCUT2D eigenvalue weighted by Crippen LogP contribution is 2.36. The van der Waals surface area contributed by atoms with E-state index in [1.54, 1.807) is 6.92 Å². The van der Waals surface area contributed by atoms with Crippen LogP contribution in [0.15, 0.2) is 0 Å². The van der Waals surface area contributed by atoms with E-state index in [1.807, 2.05) is 30.6 Å². The molecule has 0 radical (unpaired) electrons. The number of piperidine rings is 2. The smallest absolute Gasteiger partial charge is 0.410 e. The first-order valence-electron chi connectivity index (χ1n) is 12.2. The van der Waals surface area contributed by atoms with Crippen molar-refractivity contribution in [2.75, 3.05) is 32.7 Å². The number of aromatic nitrogens is 2. The van der Waals surface area contributed by atoms with Crippen LogP contribution in [0.4, 0.5) is 4.79 Å². The Morgan fingerprint density at radius 2 is 1.70 bits per heavy atom. The highest BCUT2D eigenvalue weighted by Gasteiger charge is 2.40. The molecule has 0 aliphatic carbocycles. The van der Waals surface area contributed by atoms with E-state index in [9.17, 15) is 9.59 Å². The Morgan fingerprint density at radius 3 is 2.27 bits per heavy atom. The van der Waals surface area contributed by atoms with E-state index in [4.69, 9.17) is 9.84 Å². The molecule has 9 heteroatoms. The van der Waals surface area contributed by atoms with E-state index in [0.717, 1.165) is 68.5 Å². The molecule has 2 amide bonds. The Hall–Kier alpha value is -1.36. The second kappa shape index (κ2) is 9.36. The third-order valence-corrected chi connectivity index (χ3v) is 8.42. The lowest BCUT2D eigenvalue weighted by molar-refractivity contribution is -0.129. The van der Waals surface area contributed by atoms with Gasteiger partial charge in [-0.1, -0.05) is 0 Å². The van der Waals surface area contributed by atoms with Crippen molar-refractivity contribution in [2.24, 2.45) is 0 Å². The van der Waals surface area contributed by atoms with Crippen LogP contribution in [0.3, 0.4) is 0 Å². The average Bonchev–Trinajstić information content (AvgIpc) is 3.09. The molecule has 0 atom stereocenters. The fourth-order valence-corrected chi connectivity index (χ4v) is 6.15. The van der Waals surface area contributed by atoms with Crippen LogP contribution in [0.5, 0.6) is 0 Å². The number of ether oxygens (including phenoxy) is 1. The van der Waals surface area contributed by atoms with Crippen molar-refractivity contribution < 1.29 is 14.3 Å². The monoisotopic (exact) mass is 571 g/mol. The van der Waals surface area contributed by atoms with Crippen molar-refractivity contribution in [3.8, 4) is 0 Å². The normalized spacial score (nSPS) is 22.2. The summed E-state index contributed by atoms with van der Waals surface area (Å²) in [5.41, 5.74) is 2.24. The Balaban J connectivity index is 1.34. The summed E-state index contributed by atoms with van der Waals surface area (Å²) in [7, 11) is 0. The molecule has 0 saturated carbocycles. The van der Waals surface area contributed by atoms with Gasteiger partial charge in [0, 0.05) is 62.9 Å². The van der Waals surface area contributed by atoms with Crippen LogP contribution in [-0.2, 0) is 22.5 Å². The summed E-state index contributed by atoms with van der Waals surface area (Å²) < 4.78 is 8.88. The minimum atomic E-state index is -0.451. The molecule has 1 aromatic rings. The van der Waals surface area contributed by atoms with Crippen molar-refractivity contribution in [1.29, 1.82) is 0 Å². The summed E-state index contributed by atoms with van der Waals surface area (Å²) in [4.78, 5) is 30.7. The molecule has 4 heterocycles. The van der Waals surface area contributed by atoms with Crippen molar-refractivity contribution in [3.63, 3.8) is 0 Å². The van der Waals surface area contributed by atoms with Crippen LogP contribution in [0.2, 0.25) is 0 Å². The lowest BCUT2D eigenvalue weighted by Gasteiger charge is -2.49. The molecule has 0 N–H and O–H groups in total. The minimum Gasteiger partial charge on any atom is -0.444 e. The zero-order valence-corrected chi connectivity index (χ0v) is 22.9. The van der Waals surface area contributed by atoms with Crippen LogP contribution in [0.25, 0.3) is 0 Å². The van der Waals surface area contributed by atoms with Crippen molar-refractivity contribution in [3.05, 3.63) is 15.0 Å². The topological polar surface area (TPSA) is 70.9 Å². The van der Waals surface area contributed by atoms with Gasteiger partial charge in [-0.25, -0.2) is 4.79 Å². The van der Waals surface area contributed by atoms with Crippen LogP contribution in [-0.4, -0.2) is 80.3 Å². The van der Waals surface area contributed by atoms with Crippen LogP contribution in [0.1, 0.15) is 77.6 Å². The fourth-order valence-electron chi connectivity index (χ4n) is 5.44. The van der Waals surface area contributed by atoms with Gasteiger partial charge >= 0.3 is 6.09 Å². The molecule has 3 aliphatic heterocycles. The molecule has 3 aliphatic rings. The molecule has 0 spiro atoms. The number of nitrogens with zero attached hydrogens (tertiary/aromatic N) is 5. The summed E-state index contributed by atoms with van der Waals surface area (Å²) in [5, 5.41) is 4.91. The maximum atomic E-state index is 12.4. The molecule has 0 bridgehead atoms. The van der Waals surface area contributed by atoms with Gasteiger partial charge in [-0.15, -0.1) is 0 Å². The molecular weight excluding hydrogens is 533 g/mol. The van der Waals surface area contributed by atoms with Crippen molar-refractivity contribution in [1.82, 2.24) is 24.5 Å². The molecule has 184 valence electrons. The van der Waals surface area contributed by atoms with E-state index >= 15 is 0 Å². The Kier molecular flexibility index (Phi) is 7.02. The molecule has 4 rings (SSSR count). The van der Waals surface area contributed by atoms with Gasteiger partial charge in [-0.3, -0.25) is 14.4 Å². The van der Waals surface area contributed by atoms with Crippen LogP contribution >= 0.6 is 22.6 Å². The number of likely N-dealkylation sites (tertiary alicyclic amines) is 2. The van der Waals surface area contributed by atoms with E-state index < -0.39 is 5.60 Å². The Morgan fingerprint density at radius 1 is 1.06 bits per heavy atom. The zero-order valence-electron chi connectivity index (χ0n) is 20.7. The second-order valence-corrected chi connectivity index (χ2v) is 12.1. The quantitative estimate of drug-likeness (QED) is 0.505. The number of halogens is 1. The van der Waals surface area contributed by atoms with Gasteiger partial charge in [-0.05, 0) is 76.0 Å². The first-order valence-corrected chi connectivity index (χ1v) is 13.3. The third kappa shape index (κ3) is 5.33. The molecular formula is C24H38IN5O3. The van der Waals surface area contributed by atoms with Crippen LogP contribution in [0, 0.1) is 3.70 Å². The summed E-state index contributed by atoms with van der Waals surface area (Å²) in [6, 6.07) is 0.424. The van der Waals surface area contributed by atoms with Gasteiger partial charge < -0.3 is 14.5 Å². The Bertz CT molecular complexity index is 893. The largest absolute Gasteiger partial charge is 0.444 e. The number of fused-ring (bicyclic) bond motifs is 1. The number of carbonyl (C=O) groups excluding carboxylic acids is 2. The number of rotatable bonds is 2. The van der Waals surface area contributed by atoms with E-state index in [1.165, 1.54) is 11.3 Å². The molecule has 2 saturated heterocycles. The van der Waals surface area contributed by atoms with Gasteiger partial charge in [0.2, 0.25) is 5.91 Å². The van der Waals surface area contributed by atoms with E-state index in [0.29, 0.717) is 12.6 Å². The zero-order chi connectivity index (χ0) is 24.0. The van der Waals surface area contributed by atoms with E-state index in [-0.39, 0.29) is 17.5 Å². The molecule has 0 aromatic carbocycles. The predicted molar refractivity (Wildman–Crippen MR) is 135 cm³/mol. The lowest BCUT2D eigenvalue weighted by Crippen LogP contribution is -2.56. The second-order valence-electron chi connectivity index (χ2n) is 11.0. The summed E-state index contributed by atoms with van der Waals surface area (Å²) >= 11 is 2.33. The molecule has 33 heavy (non-hydrogen) atoms. The van der Waals surface area contributed by atoms with E-state index in [2.05, 4.69) is 39.1 Å². The van der Waals surface area contributed by atoms with Gasteiger partial charge in [0.15, 0.2) is 0 Å². The number of hydrogen-bond acceptors (Lipinski definition) is 5. The maximum absolute atomic E-state index is 12.4. The highest BCUT2D eigenvalue weighted by molar-refractivity contribution is 14.1. The van der Waals surface area contributed by atoms with Crippen LogP contribution < -0.4 is 0 Å². The molecule has 8 nitrogen and oxygen atoms in total. The maximum Gasteiger partial charge on any atom is 0.410 e. The Labute approximate surface area is 211 Å². The van der Waals surface area contributed by atoms with Gasteiger partial charge in [0.1, 0.15) is 9.30 Å².